The van der Waals surface area contributed by atoms with Crippen LogP contribution in [0, 0.1) is 11.5 Å². The molecule has 2 nitrogen and oxygen atoms in total. The zero-order chi connectivity index (χ0) is 13.9. The van der Waals surface area contributed by atoms with Crippen molar-refractivity contribution in [2.24, 2.45) is 0 Å². The maximum absolute atomic E-state index is 4.36. The quantitative estimate of drug-likeness (QED) is 0.580. The van der Waals surface area contributed by atoms with Crippen molar-refractivity contribution in [3.8, 4) is 22.9 Å². The molecule has 2 aromatic heterocycles. The van der Waals surface area contributed by atoms with Gasteiger partial charge in [-0.3, -0.25) is 9.97 Å². The van der Waals surface area contributed by atoms with E-state index < -0.39 is 8.07 Å². The molecular formula is C15H15BrN2Si. The lowest BCUT2D eigenvalue weighted by molar-refractivity contribution is 1.24. The highest BCUT2D eigenvalue weighted by molar-refractivity contribution is 9.10. The summed E-state index contributed by atoms with van der Waals surface area (Å²) in [5, 5.41) is 0. The molecule has 2 heterocycles. The second-order valence-electron chi connectivity index (χ2n) is 5.29. The molecule has 0 N–H and O–H groups in total. The van der Waals surface area contributed by atoms with Gasteiger partial charge in [0.2, 0.25) is 0 Å². The summed E-state index contributed by atoms with van der Waals surface area (Å²) in [6.07, 6.45) is 3.55. The normalized spacial score (nSPS) is 10.7. The Bertz CT molecular complexity index is 651. The summed E-state index contributed by atoms with van der Waals surface area (Å²) < 4.78 is 0.998. The van der Waals surface area contributed by atoms with Crippen molar-refractivity contribution in [1.29, 1.82) is 0 Å². The Kier molecular flexibility index (Phi) is 4.18. The minimum absolute atomic E-state index is 0.851. The van der Waals surface area contributed by atoms with E-state index in [0.717, 1.165) is 21.4 Å². The van der Waals surface area contributed by atoms with Crippen molar-refractivity contribution >= 4 is 24.0 Å². The summed E-state index contributed by atoms with van der Waals surface area (Å²) >= 11 is 3.44. The Hall–Kier alpha value is -1.44. The molecule has 0 aliphatic heterocycles. The van der Waals surface area contributed by atoms with Crippen LogP contribution in [-0.2, 0) is 0 Å². The monoisotopic (exact) mass is 330 g/mol. The Morgan fingerprint density at radius 3 is 2.26 bits per heavy atom. The lowest BCUT2D eigenvalue weighted by Gasteiger charge is -2.04. The summed E-state index contributed by atoms with van der Waals surface area (Å²) in [7, 11) is -1.35. The molecule has 0 unspecified atom stereocenters. The third-order valence-corrected chi connectivity index (χ3v) is 3.69. The molecule has 0 radical (unpaired) electrons. The van der Waals surface area contributed by atoms with E-state index in [1.165, 1.54) is 0 Å². The molecule has 0 saturated heterocycles. The van der Waals surface area contributed by atoms with Crippen molar-refractivity contribution in [3.63, 3.8) is 0 Å². The van der Waals surface area contributed by atoms with Gasteiger partial charge in [0, 0.05) is 22.4 Å². The number of aromatic nitrogens is 2. The van der Waals surface area contributed by atoms with E-state index in [1.54, 1.807) is 12.4 Å². The number of pyridine rings is 2. The van der Waals surface area contributed by atoms with Gasteiger partial charge in [0.15, 0.2) is 0 Å². The van der Waals surface area contributed by atoms with Gasteiger partial charge in [0.25, 0.3) is 0 Å². The van der Waals surface area contributed by atoms with Crippen molar-refractivity contribution in [2.45, 2.75) is 19.6 Å². The van der Waals surface area contributed by atoms with Crippen LogP contribution in [-0.4, -0.2) is 18.0 Å². The van der Waals surface area contributed by atoms with E-state index in [4.69, 9.17) is 0 Å². The van der Waals surface area contributed by atoms with Gasteiger partial charge in [0.05, 0.1) is 11.4 Å². The van der Waals surface area contributed by atoms with E-state index in [9.17, 15) is 0 Å². The SMILES string of the molecule is C[Si](C)(C)C#Cc1ccnc(-c2cc(Br)ccn2)c1. The van der Waals surface area contributed by atoms with Gasteiger partial charge in [0.1, 0.15) is 8.07 Å². The predicted octanol–water partition coefficient (Wildman–Crippen LogP) is 4.14. The molecular weight excluding hydrogens is 316 g/mol. The van der Waals surface area contributed by atoms with E-state index in [2.05, 4.69) is 57.0 Å². The summed E-state index contributed by atoms with van der Waals surface area (Å²) in [4.78, 5) is 8.68. The second kappa shape index (κ2) is 5.68. The van der Waals surface area contributed by atoms with Crippen molar-refractivity contribution in [3.05, 3.63) is 46.7 Å². The predicted molar refractivity (Wildman–Crippen MR) is 85.4 cm³/mol. The van der Waals surface area contributed by atoms with Gasteiger partial charge in [-0.15, -0.1) is 5.54 Å². The molecule has 0 atom stereocenters. The van der Waals surface area contributed by atoms with Gasteiger partial charge < -0.3 is 0 Å². The number of hydrogen-bond acceptors (Lipinski definition) is 2. The molecule has 0 aromatic carbocycles. The highest BCUT2D eigenvalue weighted by Crippen LogP contribution is 2.19. The van der Waals surface area contributed by atoms with Gasteiger partial charge in [-0.1, -0.05) is 41.5 Å². The highest BCUT2D eigenvalue weighted by atomic mass is 79.9. The molecule has 0 spiro atoms. The Morgan fingerprint density at radius 1 is 1.00 bits per heavy atom. The van der Waals surface area contributed by atoms with Crippen LogP contribution >= 0.6 is 15.9 Å². The summed E-state index contributed by atoms with van der Waals surface area (Å²) in [5.74, 6) is 3.24. The van der Waals surface area contributed by atoms with Crippen molar-refractivity contribution in [2.75, 3.05) is 0 Å². The van der Waals surface area contributed by atoms with Crippen LogP contribution in [0.3, 0.4) is 0 Å². The number of rotatable bonds is 1. The standard InChI is InChI=1S/C15H15BrN2Si/c1-19(2,3)9-6-12-4-7-17-14(10-12)15-11-13(16)5-8-18-15/h4-5,7-8,10-11H,1-3H3. The van der Waals surface area contributed by atoms with Crippen LogP contribution < -0.4 is 0 Å². The van der Waals surface area contributed by atoms with E-state index in [1.807, 2.05) is 24.3 Å². The minimum atomic E-state index is -1.35. The summed E-state index contributed by atoms with van der Waals surface area (Å²) in [5.41, 5.74) is 6.06. The molecule has 0 fully saturated rings. The van der Waals surface area contributed by atoms with E-state index >= 15 is 0 Å². The third-order valence-electron chi connectivity index (χ3n) is 2.33. The lowest BCUT2D eigenvalue weighted by Crippen LogP contribution is -2.16. The fourth-order valence-corrected chi connectivity index (χ4v) is 2.31. The molecule has 19 heavy (non-hydrogen) atoms. The maximum Gasteiger partial charge on any atom is 0.129 e. The molecule has 0 bridgehead atoms. The van der Waals surface area contributed by atoms with Crippen LogP contribution in [0.25, 0.3) is 11.4 Å². The van der Waals surface area contributed by atoms with E-state index in [-0.39, 0.29) is 0 Å². The molecule has 0 amide bonds. The first-order valence-electron chi connectivity index (χ1n) is 6.05. The molecule has 2 aromatic rings. The molecule has 4 heteroatoms. The first-order chi connectivity index (χ1) is 8.94. The zero-order valence-electron chi connectivity index (χ0n) is 11.2. The van der Waals surface area contributed by atoms with E-state index in [0.29, 0.717) is 0 Å². The molecule has 96 valence electrons. The van der Waals surface area contributed by atoms with Crippen molar-refractivity contribution < 1.29 is 0 Å². The fourth-order valence-electron chi connectivity index (χ4n) is 1.45. The Morgan fingerprint density at radius 2 is 1.63 bits per heavy atom. The summed E-state index contributed by atoms with van der Waals surface area (Å²) in [6.45, 7) is 6.70. The Balaban J connectivity index is 2.37. The number of nitrogens with zero attached hydrogens (tertiary/aromatic N) is 2. The average Bonchev–Trinajstić information content (AvgIpc) is 2.36. The molecule has 0 aliphatic rings. The molecule has 0 aliphatic carbocycles. The first-order valence-corrected chi connectivity index (χ1v) is 10.3. The van der Waals surface area contributed by atoms with Gasteiger partial charge in [-0.2, -0.15) is 0 Å². The van der Waals surface area contributed by atoms with Crippen LogP contribution in [0.1, 0.15) is 5.56 Å². The minimum Gasteiger partial charge on any atom is -0.255 e. The first kappa shape index (κ1) is 14.0. The average molecular weight is 331 g/mol. The van der Waals surface area contributed by atoms with Gasteiger partial charge >= 0.3 is 0 Å². The highest BCUT2D eigenvalue weighted by Gasteiger charge is 2.08. The lowest BCUT2D eigenvalue weighted by atomic mass is 10.2. The number of hydrogen-bond donors (Lipinski definition) is 0. The second-order valence-corrected chi connectivity index (χ2v) is 11.0. The van der Waals surface area contributed by atoms with Crippen molar-refractivity contribution in [1.82, 2.24) is 9.97 Å². The summed E-state index contributed by atoms with van der Waals surface area (Å²) in [6, 6.07) is 7.78. The number of halogens is 1. The van der Waals surface area contributed by atoms with Crippen LogP contribution in [0.5, 0.6) is 0 Å². The molecule has 0 saturated carbocycles. The smallest absolute Gasteiger partial charge is 0.129 e. The van der Waals surface area contributed by atoms with Gasteiger partial charge in [-0.25, -0.2) is 0 Å². The topological polar surface area (TPSA) is 25.8 Å². The largest absolute Gasteiger partial charge is 0.255 e. The third kappa shape index (κ3) is 4.30. The van der Waals surface area contributed by atoms with Crippen LogP contribution in [0.2, 0.25) is 19.6 Å². The van der Waals surface area contributed by atoms with Gasteiger partial charge in [-0.05, 0) is 24.3 Å². The van der Waals surface area contributed by atoms with Crippen LogP contribution in [0.15, 0.2) is 41.1 Å². The van der Waals surface area contributed by atoms with Crippen LogP contribution in [0.4, 0.5) is 0 Å². The maximum atomic E-state index is 4.36. The fraction of sp³-hybridized carbons (Fsp3) is 0.200. The molecule has 2 rings (SSSR count). The zero-order valence-corrected chi connectivity index (χ0v) is 13.8. The Labute approximate surface area is 123 Å².